The average Bonchev–Trinajstić information content (AvgIpc) is 2.83. The molecule has 20 heavy (non-hydrogen) atoms. The van der Waals surface area contributed by atoms with Crippen molar-refractivity contribution in [1.82, 2.24) is 15.1 Å². The van der Waals surface area contributed by atoms with Crippen molar-refractivity contribution in [2.75, 3.05) is 6.54 Å². The third-order valence-corrected chi connectivity index (χ3v) is 3.12. The van der Waals surface area contributed by atoms with Gasteiger partial charge in [-0.2, -0.15) is 5.10 Å². The lowest BCUT2D eigenvalue weighted by Gasteiger charge is -2.14. The maximum atomic E-state index is 14.0. The topological polar surface area (TPSA) is 39.1 Å². The summed E-state index contributed by atoms with van der Waals surface area (Å²) in [6.07, 6.45) is 3.55. The van der Waals surface area contributed by atoms with E-state index in [0.29, 0.717) is 6.61 Å². The van der Waals surface area contributed by atoms with Crippen LogP contribution in [-0.2, 0) is 13.7 Å². The summed E-state index contributed by atoms with van der Waals surface area (Å²) in [5.41, 5.74) is 1.83. The number of ether oxygens (including phenoxy) is 1. The van der Waals surface area contributed by atoms with Crippen molar-refractivity contribution in [1.29, 1.82) is 0 Å². The number of aromatic nitrogens is 2. The highest BCUT2D eigenvalue weighted by Gasteiger charge is 2.09. The van der Waals surface area contributed by atoms with Gasteiger partial charge in [-0.15, -0.1) is 0 Å². The summed E-state index contributed by atoms with van der Waals surface area (Å²) in [5.74, 6) is -0.0718. The van der Waals surface area contributed by atoms with Crippen LogP contribution in [0.2, 0.25) is 0 Å². The predicted octanol–water partition coefficient (Wildman–Crippen LogP) is 2.81. The fraction of sp³-hybridized carbons (Fsp3) is 0.400. The smallest absolute Gasteiger partial charge is 0.165 e. The van der Waals surface area contributed by atoms with Gasteiger partial charge < -0.3 is 10.1 Å². The molecule has 0 aliphatic rings. The van der Waals surface area contributed by atoms with Crippen molar-refractivity contribution in [2.24, 2.45) is 7.05 Å². The Kier molecular flexibility index (Phi) is 4.74. The first-order valence-electron chi connectivity index (χ1n) is 6.73. The minimum Gasteiger partial charge on any atom is -0.486 e. The first-order chi connectivity index (χ1) is 9.60. The van der Waals surface area contributed by atoms with Crippen molar-refractivity contribution in [2.45, 2.75) is 26.5 Å². The maximum Gasteiger partial charge on any atom is 0.165 e. The van der Waals surface area contributed by atoms with Crippen LogP contribution in [0.15, 0.2) is 30.6 Å². The van der Waals surface area contributed by atoms with Crippen molar-refractivity contribution >= 4 is 0 Å². The van der Waals surface area contributed by atoms with Crippen LogP contribution in [0.3, 0.4) is 0 Å². The Morgan fingerprint density at radius 2 is 2.25 bits per heavy atom. The Hall–Kier alpha value is -1.88. The van der Waals surface area contributed by atoms with Gasteiger partial charge in [0.25, 0.3) is 0 Å². The molecule has 0 spiro atoms. The lowest BCUT2D eigenvalue weighted by atomic mass is 10.1. The summed E-state index contributed by atoms with van der Waals surface area (Å²) in [7, 11) is 1.83. The summed E-state index contributed by atoms with van der Waals surface area (Å²) in [5, 5.41) is 7.29. The zero-order valence-electron chi connectivity index (χ0n) is 12.1. The van der Waals surface area contributed by atoms with Crippen LogP contribution in [-0.4, -0.2) is 16.3 Å². The van der Waals surface area contributed by atoms with Gasteiger partial charge in [0.2, 0.25) is 0 Å². The molecule has 1 N–H and O–H groups in total. The van der Waals surface area contributed by atoms with Crippen LogP contribution >= 0.6 is 0 Å². The first-order valence-corrected chi connectivity index (χ1v) is 6.73. The molecular weight excluding hydrogens is 257 g/mol. The van der Waals surface area contributed by atoms with Gasteiger partial charge in [-0.1, -0.05) is 13.0 Å². The minimum atomic E-state index is -0.337. The molecule has 1 aromatic carbocycles. The average molecular weight is 277 g/mol. The van der Waals surface area contributed by atoms with E-state index in [0.717, 1.165) is 17.7 Å². The molecule has 0 bridgehead atoms. The summed E-state index contributed by atoms with van der Waals surface area (Å²) >= 11 is 0. The molecule has 1 unspecified atom stereocenters. The van der Waals surface area contributed by atoms with Gasteiger partial charge in [-0.05, 0) is 31.2 Å². The van der Waals surface area contributed by atoms with Gasteiger partial charge in [-0.25, -0.2) is 4.39 Å². The molecule has 0 amide bonds. The highest BCUT2D eigenvalue weighted by atomic mass is 19.1. The molecule has 2 rings (SSSR count). The number of nitrogens with one attached hydrogen (secondary N) is 1. The minimum absolute atomic E-state index is 0.127. The molecule has 1 heterocycles. The van der Waals surface area contributed by atoms with Gasteiger partial charge in [0.1, 0.15) is 6.61 Å². The lowest BCUT2D eigenvalue weighted by molar-refractivity contribution is 0.290. The Morgan fingerprint density at radius 3 is 2.85 bits per heavy atom. The zero-order valence-corrected chi connectivity index (χ0v) is 12.1. The molecule has 5 heteroatoms. The third kappa shape index (κ3) is 3.57. The van der Waals surface area contributed by atoms with Crippen molar-refractivity contribution < 1.29 is 9.13 Å². The molecule has 0 fully saturated rings. The van der Waals surface area contributed by atoms with Gasteiger partial charge in [-0.3, -0.25) is 4.68 Å². The molecule has 1 atom stereocenters. The zero-order chi connectivity index (χ0) is 14.5. The van der Waals surface area contributed by atoms with Crippen molar-refractivity contribution in [3.8, 4) is 5.75 Å². The van der Waals surface area contributed by atoms with Crippen LogP contribution in [0, 0.1) is 5.82 Å². The molecule has 1 aromatic heterocycles. The first kappa shape index (κ1) is 14.5. The molecule has 2 aromatic rings. The van der Waals surface area contributed by atoms with Gasteiger partial charge in [0.05, 0.1) is 6.20 Å². The Morgan fingerprint density at radius 1 is 1.45 bits per heavy atom. The molecule has 0 saturated carbocycles. The quantitative estimate of drug-likeness (QED) is 0.882. The second kappa shape index (κ2) is 6.52. The number of aryl methyl sites for hydroxylation is 1. The lowest BCUT2D eigenvalue weighted by Crippen LogP contribution is -2.17. The molecule has 108 valence electrons. The number of benzene rings is 1. The Balaban J connectivity index is 2.02. The molecule has 4 nitrogen and oxygen atoms in total. The summed E-state index contributed by atoms with van der Waals surface area (Å²) in [6.45, 7) is 5.20. The van der Waals surface area contributed by atoms with Crippen molar-refractivity contribution in [3.63, 3.8) is 0 Å². The largest absolute Gasteiger partial charge is 0.486 e. The molecule has 0 saturated heterocycles. The molecular formula is C15H20FN3O. The summed E-state index contributed by atoms with van der Waals surface area (Å²) in [4.78, 5) is 0. The number of rotatable bonds is 6. The van der Waals surface area contributed by atoms with Gasteiger partial charge in [0, 0.05) is 24.8 Å². The number of halogens is 1. The van der Waals surface area contributed by atoms with Crippen LogP contribution in [0.4, 0.5) is 4.39 Å². The molecule has 0 aliphatic heterocycles. The monoisotopic (exact) mass is 277 g/mol. The van der Waals surface area contributed by atoms with E-state index in [1.807, 2.05) is 33.2 Å². The number of hydrogen-bond donors (Lipinski definition) is 1. The Labute approximate surface area is 118 Å². The van der Waals surface area contributed by atoms with Crippen LogP contribution in [0.5, 0.6) is 5.75 Å². The normalized spacial score (nSPS) is 12.4. The Bertz CT molecular complexity index is 568. The molecule has 0 aliphatic carbocycles. The van der Waals surface area contributed by atoms with E-state index < -0.39 is 0 Å². The van der Waals surface area contributed by atoms with E-state index in [4.69, 9.17) is 4.74 Å². The fourth-order valence-corrected chi connectivity index (χ4v) is 2.04. The highest BCUT2D eigenvalue weighted by molar-refractivity contribution is 5.31. The van der Waals surface area contributed by atoms with Crippen LogP contribution in [0.25, 0.3) is 0 Å². The highest BCUT2D eigenvalue weighted by Crippen LogP contribution is 2.22. The second-order valence-corrected chi connectivity index (χ2v) is 4.78. The van der Waals surface area contributed by atoms with E-state index in [-0.39, 0.29) is 17.6 Å². The standard InChI is InChI=1S/C15H20FN3O/c1-4-17-11(2)13-5-6-15(14(16)7-13)20-10-12-8-18-19(3)9-12/h5-9,11,17H,4,10H2,1-3H3. The van der Waals surface area contributed by atoms with E-state index in [1.165, 1.54) is 6.07 Å². The number of nitrogens with zero attached hydrogens (tertiary/aromatic N) is 2. The summed E-state index contributed by atoms with van der Waals surface area (Å²) < 4.78 is 21.2. The maximum absolute atomic E-state index is 14.0. The second-order valence-electron chi connectivity index (χ2n) is 4.78. The van der Waals surface area contributed by atoms with Crippen LogP contribution in [0.1, 0.15) is 31.0 Å². The predicted molar refractivity (Wildman–Crippen MR) is 76.0 cm³/mol. The van der Waals surface area contributed by atoms with Crippen LogP contribution < -0.4 is 10.1 Å². The summed E-state index contributed by atoms with van der Waals surface area (Å²) in [6, 6.07) is 5.21. The third-order valence-electron chi connectivity index (χ3n) is 3.12. The van der Waals surface area contributed by atoms with E-state index in [1.54, 1.807) is 16.9 Å². The van der Waals surface area contributed by atoms with Crippen molar-refractivity contribution in [3.05, 3.63) is 47.5 Å². The SMILES string of the molecule is CCNC(C)c1ccc(OCc2cnn(C)c2)c(F)c1. The van der Waals surface area contributed by atoms with E-state index in [9.17, 15) is 4.39 Å². The van der Waals surface area contributed by atoms with Gasteiger partial charge in [0.15, 0.2) is 11.6 Å². The fourth-order valence-electron chi connectivity index (χ4n) is 2.04. The van der Waals surface area contributed by atoms with E-state index >= 15 is 0 Å². The molecule has 0 radical (unpaired) electrons. The van der Waals surface area contributed by atoms with E-state index in [2.05, 4.69) is 10.4 Å². The number of hydrogen-bond acceptors (Lipinski definition) is 3. The van der Waals surface area contributed by atoms with Gasteiger partial charge >= 0.3 is 0 Å².